The number of hydrogen-bond acceptors (Lipinski definition) is 7. The summed E-state index contributed by atoms with van der Waals surface area (Å²) in [7, 11) is 3.33. The lowest BCUT2D eigenvalue weighted by Gasteiger charge is -2.08. The summed E-state index contributed by atoms with van der Waals surface area (Å²) >= 11 is 7.60. The SMILES string of the molecule is CCCCOC.COc1ccc(-c2cc(N)ncc2Cl)c2sc(N)nc12. The van der Waals surface area contributed by atoms with Gasteiger partial charge in [0, 0.05) is 31.0 Å². The molecule has 0 fully saturated rings. The van der Waals surface area contributed by atoms with Gasteiger partial charge in [-0.1, -0.05) is 36.3 Å². The highest BCUT2D eigenvalue weighted by molar-refractivity contribution is 7.22. The van der Waals surface area contributed by atoms with Crippen molar-refractivity contribution in [2.75, 3.05) is 32.3 Å². The Morgan fingerprint density at radius 1 is 1.19 bits per heavy atom. The largest absolute Gasteiger partial charge is 0.494 e. The van der Waals surface area contributed by atoms with Crippen molar-refractivity contribution in [2.24, 2.45) is 0 Å². The van der Waals surface area contributed by atoms with Crippen LogP contribution in [0.1, 0.15) is 19.8 Å². The molecule has 3 aromatic rings. The number of thiazole rings is 1. The van der Waals surface area contributed by atoms with Gasteiger partial charge in [0.1, 0.15) is 17.1 Å². The monoisotopic (exact) mass is 394 g/mol. The van der Waals surface area contributed by atoms with Crippen molar-refractivity contribution in [3.63, 3.8) is 0 Å². The zero-order valence-electron chi connectivity index (χ0n) is 15.1. The summed E-state index contributed by atoms with van der Waals surface area (Å²) in [5, 5.41) is 1.00. The summed E-state index contributed by atoms with van der Waals surface area (Å²) in [6, 6.07) is 5.49. The Morgan fingerprint density at radius 3 is 2.58 bits per heavy atom. The topological polar surface area (TPSA) is 96.3 Å². The first-order valence-corrected chi connectivity index (χ1v) is 9.34. The van der Waals surface area contributed by atoms with E-state index in [4.69, 9.17) is 32.5 Å². The van der Waals surface area contributed by atoms with Gasteiger partial charge in [0.2, 0.25) is 0 Å². The number of benzene rings is 1. The van der Waals surface area contributed by atoms with Gasteiger partial charge in [-0.2, -0.15) is 0 Å². The second kappa shape index (κ2) is 9.56. The van der Waals surface area contributed by atoms with Crippen LogP contribution < -0.4 is 16.2 Å². The van der Waals surface area contributed by atoms with Crippen LogP contribution in [-0.2, 0) is 4.74 Å². The summed E-state index contributed by atoms with van der Waals surface area (Å²) in [5.41, 5.74) is 14.0. The van der Waals surface area contributed by atoms with Gasteiger partial charge in [0.05, 0.1) is 16.8 Å². The van der Waals surface area contributed by atoms with Gasteiger partial charge in [-0.3, -0.25) is 0 Å². The molecule has 0 bridgehead atoms. The molecule has 3 rings (SSSR count). The minimum absolute atomic E-state index is 0.408. The molecule has 0 saturated carbocycles. The van der Waals surface area contributed by atoms with Crippen molar-refractivity contribution in [3.05, 3.63) is 29.4 Å². The molecule has 6 nitrogen and oxygen atoms in total. The molecule has 4 N–H and O–H groups in total. The smallest absolute Gasteiger partial charge is 0.181 e. The Bertz CT molecular complexity index is 866. The predicted octanol–water partition coefficient (Wildman–Crippen LogP) is 4.62. The van der Waals surface area contributed by atoms with Gasteiger partial charge >= 0.3 is 0 Å². The average molecular weight is 395 g/mol. The summed E-state index contributed by atoms with van der Waals surface area (Å²) in [4.78, 5) is 8.27. The number of nitrogens with zero attached hydrogens (tertiary/aromatic N) is 2. The van der Waals surface area contributed by atoms with Crippen molar-refractivity contribution in [1.29, 1.82) is 0 Å². The van der Waals surface area contributed by atoms with E-state index in [1.54, 1.807) is 20.3 Å². The minimum Gasteiger partial charge on any atom is -0.494 e. The number of anilines is 2. The molecular formula is C18H23ClN4O2S. The van der Waals surface area contributed by atoms with E-state index >= 15 is 0 Å². The molecule has 2 aromatic heterocycles. The molecule has 0 aliphatic heterocycles. The highest BCUT2D eigenvalue weighted by atomic mass is 35.5. The fourth-order valence-electron chi connectivity index (χ4n) is 2.33. The fourth-order valence-corrected chi connectivity index (χ4v) is 3.41. The second-order valence-electron chi connectivity index (χ2n) is 5.48. The molecule has 8 heteroatoms. The molecule has 0 aliphatic rings. The third kappa shape index (κ3) is 4.75. The molecule has 0 amide bonds. The average Bonchev–Trinajstić information content (AvgIpc) is 3.03. The molecule has 26 heavy (non-hydrogen) atoms. The maximum absolute atomic E-state index is 6.22. The maximum atomic E-state index is 6.22. The number of unbranched alkanes of at least 4 members (excludes halogenated alkanes) is 1. The quantitative estimate of drug-likeness (QED) is 0.613. The fraction of sp³-hybridized carbons (Fsp3) is 0.333. The zero-order chi connectivity index (χ0) is 19.1. The standard InChI is InChI=1S/C13H11ClN4OS.C5H12O/c1-19-9-3-2-6(12-11(9)18-13(16)20-12)7-4-10(15)17-5-8(7)14;1-3-4-5-6-2/h2-5H,1H3,(H2,15,17)(H2,16,18);3-5H2,1-2H3. The Balaban J connectivity index is 0.000000352. The maximum Gasteiger partial charge on any atom is 0.181 e. The van der Waals surface area contributed by atoms with Crippen molar-refractivity contribution in [1.82, 2.24) is 9.97 Å². The highest BCUT2D eigenvalue weighted by Crippen LogP contribution is 2.41. The van der Waals surface area contributed by atoms with Crippen molar-refractivity contribution in [3.8, 4) is 16.9 Å². The van der Waals surface area contributed by atoms with E-state index in [-0.39, 0.29) is 0 Å². The second-order valence-corrected chi connectivity index (χ2v) is 6.92. The van der Waals surface area contributed by atoms with Gasteiger partial charge in [-0.25, -0.2) is 9.97 Å². The number of nitrogens with two attached hydrogens (primary N) is 2. The lowest BCUT2D eigenvalue weighted by atomic mass is 10.1. The van der Waals surface area contributed by atoms with E-state index in [0.717, 1.165) is 28.0 Å². The zero-order valence-corrected chi connectivity index (χ0v) is 16.7. The molecule has 0 spiro atoms. The van der Waals surface area contributed by atoms with Crippen LogP contribution >= 0.6 is 22.9 Å². The number of ether oxygens (including phenoxy) is 2. The van der Waals surface area contributed by atoms with E-state index in [9.17, 15) is 0 Å². The lowest BCUT2D eigenvalue weighted by molar-refractivity contribution is 0.194. The molecule has 1 aromatic carbocycles. The summed E-state index contributed by atoms with van der Waals surface area (Å²) in [5.74, 6) is 1.08. The number of rotatable bonds is 5. The van der Waals surface area contributed by atoms with Gasteiger partial charge in [0.15, 0.2) is 5.13 Å². The number of halogens is 1. The molecule has 2 heterocycles. The third-order valence-electron chi connectivity index (χ3n) is 3.61. The Labute approximate surface area is 162 Å². The molecule has 0 aliphatic carbocycles. The minimum atomic E-state index is 0.408. The Kier molecular flexibility index (Phi) is 7.44. The van der Waals surface area contributed by atoms with Crippen LogP contribution in [0.15, 0.2) is 24.4 Å². The van der Waals surface area contributed by atoms with Crippen LogP contribution in [0, 0.1) is 0 Å². The molecule has 0 saturated heterocycles. The number of fused-ring (bicyclic) bond motifs is 1. The third-order valence-corrected chi connectivity index (χ3v) is 4.83. The van der Waals surface area contributed by atoms with Crippen LogP contribution in [0.25, 0.3) is 21.3 Å². The Hall–Kier alpha value is -2.09. The predicted molar refractivity (Wildman–Crippen MR) is 110 cm³/mol. The van der Waals surface area contributed by atoms with Crippen LogP contribution in [0.3, 0.4) is 0 Å². The number of pyridine rings is 1. The highest BCUT2D eigenvalue weighted by Gasteiger charge is 2.15. The van der Waals surface area contributed by atoms with Gasteiger partial charge in [-0.05, 0) is 24.6 Å². The molecular weight excluding hydrogens is 372 g/mol. The van der Waals surface area contributed by atoms with Gasteiger partial charge in [-0.15, -0.1) is 0 Å². The number of methoxy groups -OCH3 is 2. The number of nitrogen functional groups attached to an aromatic ring is 2. The molecule has 0 unspecified atom stereocenters. The van der Waals surface area contributed by atoms with Crippen LogP contribution in [0.4, 0.5) is 10.9 Å². The van der Waals surface area contributed by atoms with Gasteiger partial charge < -0.3 is 20.9 Å². The normalized spacial score (nSPS) is 10.5. The summed E-state index contributed by atoms with van der Waals surface area (Å²) in [6.07, 6.45) is 3.96. The van der Waals surface area contributed by atoms with Gasteiger partial charge in [0.25, 0.3) is 0 Å². The molecule has 0 radical (unpaired) electrons. The molecule has 140 valence electrons. The summed E-state index contributed by atoms with van der Waals surface area (Å²) < 4.78 is 11.0. The van der Waals surface area contributed by atoms with E-state index in [0.29, 0.717) is 21.7 Å². The van der Waals surface area contributed by atoms with Crippen molar-refractivity contribution >= 4 is 44.1 Å². The van der Waals surface area contributed by atoms with Crippen molar-refractivity contribution in [2.45, 2.75) is 19.8 Å². The summed E-state index contributed by atoms with van der Waals surface area (Å²) in [6.45, 7) is 3.07. The van der Waals surface area contributed by atoms with Crippen LogP contribution in [-0.4, -0.2) is 30.8 Å². The van der Waals surface area contributed by atoms with E-state index < -0.39 is 0 Å². The lowest BCUT2D eigenvalue weighted by Crippen LogP contribution is -1.92. The van der Waals surface area contributed by atoms with E-state index in [2.05, 4.69) is 16.9 Å². The first kappa shape index (κ1) is 20.2. The first-order valence-electron chi connectivity index (χ1n) is 8.15. The van der Waals surface area contributed by atoms with E-state index in [1.165, 1.54) is 30.4 Å². The number of aromatic nitrogens is 2. The molecule has 0 atom stereocenters. The first-order chi connectivity index (χ1) is 12.5. The van der Waals surface area contributed by atoms with Crippen LogP contribution in [0.2, 0.25) is 5.02 Å². The van der Waals surface area contributed by atoms with Crippen LogP contribution in [0.5, 0.6) is 5.75 Å². The Morgan fingerprint density at radius 2 is 1.96 bits per heavy atom. The van der Waals surface area contributed by atoms with E-state index in [1.807, 2.05) is 12.1 Å². The van der Waals surface area contributed by atoms with Crippen molar-refractivity contribution < 1.29 is 9.47 Å². The number of hydrogen-bond donors (Lipinski definition) is 2.